The van der Waals surface area contributed by atoms with Crippen LogP contribution in [0.5, 0.6) is 0 Å². The predicted octanol–water partition coefficient (Wildman–Crippen LogP) is -0.0749. The number of aliphatic hydroxyl groups is 1. The van der Waals surface area contributed by atoms with Crippen LogP contribution in [0.4, 0.5) is 0 Å². The van der Waals surface area contributed by atoms with E-state index in [0.29, 0.717) is 12.0 Å². The molecule has 3 nitrogen and oxygen atoms in total. The third-order valence-corrected chi connectivity index (χ3v) is 3.18. The van der Waals surface area contributed by atoms with Crippen LogP contribution in [-0.2, 0) is 9.47 Å². The summed E-state index contributed by atoms with van der Waals surface area (Å²) in [6, 6.07) is 0. The number of fused-ring (bicyclic) bond motifs is 2. The average molecular weight is 156 g/mol. The van der Waals surface area contributed by atoms with Gasteiger partial charge in [0.25, 0.3) is 0 Å². The van der Waals surface area contributed by atoms with Gasteiger partial charge in [-0.1, -0.05) is 0 Å². The quantitative estimate of drug-likeness (QED) is 0.533. The van der Waals surface area contributed by atoms with E-state index in [2.05, 4.69) is 0 Å². The van der Waals surface area contributed by atoms with Crippen molar-refractivity contribution in [2.45, 2.75) is 31.2 Å². The number of aliphatic hydroxyl groups excluding tert-OH is 1. The first-order valence-corrected chi connectivity index (χ1v) is 4.23. The second-order valence-corrected chi connectivity index (χ2v) is 3.96. The van der Waals surface area contributed by atoms with Gasteiger partial charge in [-0.2, -0.15) is 0 Å². The van der Waals surface area contributed by atoms with E-state index in [4.69, 9.17) is 9.47 Å². The van der Waals surface area contributed by atoms with Crippen molar-refractivity contribution >= 4 is 0 Å². The van der Waals surface area contributed by atoms with Gasteiger partial charge < -0.3 is 14.6 Å². The van der Waals surface area contributed by atoms with Gasteiger partial charge in [0.05, 0.1) is 19.3 Å². The summed E-state index contributed by atoms with van der Waals surface area (Å²) in [6.45, 7) is 1.27. The van der Waals surface area contributed by atoms with Crippen molar-refractivity contribution in [2.24, 2.45) is 5.41 Å². The molecule has 0 radical (unpaired) electrons. The fourth-order valence-electron chi connectivity index (χ4n) is 2.25. The lowest BCUT2D eigenvalue weighted by atomic mass is 9.99. The van der Waals surface area contributed by atoms with Crippen molar-refractivity contribution < 1.29 is 14.6 Å². The van der Waals surface area contributed by atoms with Crippen molar-refractivity contribution in [2.75, 3.05) is 13.2 Å². The highest BCUT2D eigenvalue weighted by Gasteiger charge is 2.62. The van der Waals surface area contributed by atoms with Gasteiger partial charge >= 0.3 is 0 Å². The largest absolute Gasteiger partial charge is 0.388 e. The standard InChI is InChI=1S/C8H12O3/c9-5-3-10-7-6(5)11-4-8(7)1-2-8/h5-7,9H,1-4H2/t5-,6?,7?/m1/s1. The van der Waals surface area contributed by atoms with Crippen LogP contribution in [0.2, 0.25) is 0 Å². The Morgan fingerprint density at radius 1 is 1.27 bits per heavy atom. The molecule has 2 unspecified atom stereocenters. The minimum absolute atomic E-state index is 0.0162. The maximum absolute atomic E-state index is 9.41. The average Bonchev–Trinajstić information content (AvgIpc) is 2.53. The Morgan fingerprint density at radius 2 is 2.09 bits per heavy atom. The van der Waals surface area contributed by atoms with Gasteiger partial charge in [-0.25, -0.2) is 0 Å². The SMILES string of the molecule is O[C@@H]1COC2C1OCC21CC1. The molecule has 3 fully saturated rings. The van der Waals surface area contributed by atoms with E-state index in [0.717, 1.165) is 6.61 Å². The molecule has 1 spiro atoms. The summed E-state index contributed by atoms with van der Waals surface area (Å²) >= 11 is 0. The van der Waals surface area contributed by atoms with Crippen LogP contribution < -0.4 is 0 Å². The third-order valence-electron chi connectivity index (χ3n) is 3.18. The Hall–Kier alpha value is -0.120. The molecule has 1 saturated carbocycles. The highest BCUT2D eigenvalue weighted by atomic mass is 16.6. The van der Waals surface area contributed by atoms with Crippen LogP contribution in [0.3, 0.4) is 0 Å². The molecular formula is C8H12O3. The zero-order valence-electron chi connectivity index (χ0n) is 6.32. The topological polar surface area (TPSA) is 38.7 Å². The Kier molecular flexibility index (Phi) is 1.04. The van der Waals surface area contributed by atoms with E-state index in [-0.39, 0.29) is 18.3 Å². The third kappa shape index (κ3) is 0.687. The molecule has 0 bridgehead atoms. The molecule has 11 heavy (non-hydrogen) atoms. The van der Waals surface area contributed by atoms with Crippen molar-refractivity contribution in [1.82, 2.24) is 0 Å². The molecular weight excluding hydrogens is 144 g/mol. The second kappa shape index (κ2) is 1.79. The molecule has 2 heterocycles. The summed E-state index contributed by atoms with van der Waals surface area (Å²) in [4.78, 5) is 0. The molecule has 3 aliphatic rings. The number of hydrogen-bond donors (Lipinski definition) is 1. The van der Waals surface area contributed by atoms with Gasteiger partial charge in [-0.05, 0) is 12.8 Å². The normalized spacial score (nSPS) is 51.5. The van der Waals surface area contributed by atoms with Crippen LogP contribution in [0.15, 0.2) is 0 Å². The van der Waals surface area contributed by atoms with Crippen LogP contribution in [-0.4, -0.2) is 36.6 Å². The van der Waals surface area contributed by atoms with Crippen LogP contribution in [0, 0.1) is 5.41 Å². The second-order valence-electron chi connectivity index (χ2n) is 3.96. The Balaban J connectivity index is 1.88. The summed E-state index contributed by atoms with van der Waals surface area (Å²) in [5.41, 5.74) is 0.322. The van der Waals surface area contributed by atoms with Gasteiger partial charge in [-0.15, -0.1) is 0 Å². The molecule has 2 saturated heterocycles. The first-order chi connectivity index (χ1) is 5.32. The van der Waals surface area contributed by atoms with E-state index in [9.17, 15) is 5.11 Å². The van der Waals surface area contributed by atoms with E-state index >= 15 is 0 Å². The fraction of sp³-hybridized carbons (Fsp3) is 1.00. The lowest BCUT2D eigenvalue weighted by Crippen LogP contribution is -2.29. The lowest BCUT2D eigenvalue weighted by Gasteiger charge is -2.12. The first kappa shape index (κ1) is 6.40. The summed E-state index contributed by atoms with van der Waals surface area (Å²) in [5, 5.41) is 9.41. The van der Waals surface area contributed by atoms with Crippen LogP contribution in [0.25, 0.3) is 0 Å². The van der Waals surface area contributed by atoms with Crippen molar-refractivity contribution in [3.63, 3.8) is 0 Å². The highest BCUT2D eigenvalue weighted by Crippen LogP contribution is 2.57. The molecule has 0 aromatic heterocycles. The summed E-state index contributed by atoms with van der Waals surface area (Å²) in [6.07, 6.45) is 2.26. The van der Waals surface area contributed by atoms with Gasteiger partial charge in [0.15, 0.2) is 0 Å². The van der Waals surface area contributed by atoms with E-state index in [1.165, 1.54) is 12.8 Å². The summed E-state index contributed by atoms with van der Waals surface area (Å²) in [7, 11) is 0. The summed E-state index contributed by atoms with van der Waals surface area (Å²) < 4.78 is 11.0. The van der Waals surface area contributed by atoms with Gasteiger partial charge in [0.2, 0.25) is 0 Å². The van der Waals surface area contributed by atoms with Crippen molar-refractivity contribution in [3.8, 4) is 0 Å². The molecule has 2 aliphatic heterocycles. The zero-order chi connectivity index (χ0) is 7.47. The van der Waals surface area contributed by atoms with E-state index in [1.807, 2.05) is 0 Å². The van der Waals surface area contributed by atoms with Crippen LogP contribution in [0.1, 0.15) is 12.8 Å². The molecule has 3 rings (SSSR count). The molecule has 0 aromatic carbocycles. The van der Waals surface area contributed by atoms with Gasteiger partial charge in [0, 0.05) is 5.41 Å². The van der Waals surface area contributed by atoms with Crippen LogP contribution >= 0.6 is 0 Å². The predicted molar refractivity (Wildman–Crippen MR) is 37.2 cm³/mol. The van der Waals surface area contributed by atoms with E-state index < -0.39 is 0 Å². The molecule has 1 aliphatic carbocycles. The molecule has 0 aromatic rings. The van der Waals surface area contributed by atoms with Gasteiger partial charge in [0.1, 0.15) is 12.2 Å². The van der Waals surface area contributed by atoms with Crippen molar-refractivity contribution in [3.05, 3.63) is 0 Å². The summed E-state index contributed by atoms with van der Waals surface area (Å²) in [5.74, 6) is 0. The Morgan fingerprint density at radius 3 is 2.82 bits per heavy atom. The number of ether oxygens (including phenoxy) is 2. The monoisotopic (exact) mass is 156 g/mol. The number of hydrogen-bond acceptors (Lipinski definition) is 3. The maximum atomic E-state index is 9.41. The zero-order valence-corrected chi connectivity index (χ0v) is 6.32. The molecule has 3 heteroatoms. The maximum Gasteiger partial charge on any atom is 0.112 e. The number of rotatable bonds is 0. The van der Waals surface area contributed by atoms with Crippen molar-refractivity contribution in [1.29, 1.82) is 0 Å². The fourth-order valence-corrected chi connectivity index (χ4v) is 2.25. The Labute approximate surface area is 65.3 Å². The molecule has 62 valence electrons. The lowest BCUT2D eigenvalue weighted by molar-refractivity contribution is 0.0159. The minimum Gasteiger partial charge on any atom is -0.388 e. The molecule has 1 N–H and O–H groups in total. The first-order valence-electron chi connectivity index (χ1n) is 4.23. The van der Waals surface area contributed by atoms with E-state index in [1.54, 1.807) is 0 Å². The highest BCUT2D eigenvalue weighted by molar-refractivity contribution is 5.10. The molecule has 0 amide bonds. The smallest absolute Gasteiger partial charge is 0.112 e. The minimum atomic E-state index is -0.375. The van der Waals surface area contributed by atoms with Gasteiger partial charge in [-0.3, -0.25) is 0 Å². The molecule has 3 atom stereocenters. The Bertz CT molecular complexity index is 188.